The van der Waals surface area contributed by atoms with Crippen LogP contribution in [0.15, 0.2) is 30.7 Å². The van der Waals surface area contributed by atoms with Gasteiger partial charge < -0.3 is 15.0 Å². The SMILES string of the molecule is Cc1cn2cc(-c3cc4sc(NC5CC6CCC(C5)N6)nc4cn3)cc(F)c2n1.Cl. The summed E-state index contributed by atoms with van der Waals surface area (Å²) in [5, 5.41) is 8.25. The number of anilines is 1. The van der Waals surface area contributed by atoms with Gasteiger partial charge in [0.15, 0.2) is 16.6 Å². The lowest BCUT2D eigenvalue weighted by Crippen LogP contribution is -2.43. The number of nitrogens with one attached hydrogen (secondary N) is 2. The number of pyridine rings is 2. The number of imidazole rings is 1. The highest BCUT2D eigenvalue weighted by Crippen LogP contribution is 2.33. The first-order valence-electron chi connectivity index (χ1n) is 10.0. The zero-order valence-corrected chi connectivity index (χ0v) is 18.1. The van der Waals surface area contributed by atoms with Gasteiger partial charge in [-0.3, -0.25) is 4.98 Å². The number of halogens is 2. The molecule has 0 radical (unpaired) electrons. The molecule has 9 heteroatoms. The lowest BCUT2D eigenvalue weighted by atomic mass is 10.0. The van der Waals surface area contributed by atoms with Crippen LogP contribution in [0.4, 0.5) is 9.52 Å². The van der Waals surface area contributed by atoms with E-state index in [1.165, 1.54) is 18.9 Å². The molecule has 156 valence electrons. The number of hydrogen-bond acceptors (Lipinski definition) is 6. The highest BCUT2D eigenvalue weighted by molar-refractivity contribution is 7.22. The summed E-state index contributed by atoms with van der Waals surface area (Å²) < 4.78 is 17.2. The number of piperidine rings is 1. The monoisotopic (exact) mass is 444 g/mol. The van der Waals surface area contributed by atoms with Crippen molar-refractivity contribution >= 4 is 44.7 Å². The quantitative estimate of drug-likeness (QED) is 0.484. The van der Waals surface area contributed by atoms with Crippen molar-refractivity contribution in [3.8, 4) is 11.3 Å². The van der Waals surface area contributed by atoms with Gasteiger partial charge in [0, 0.05) is 36.1 Å². The maximum atomic E-state index is 14.5. The Morgan fingerprint density at radius 2 is 1.97 bits per heavy atom. The number of thiazole rings is 1. The molecule has 2 N–H and O–H groups in total. The maximum Gasteiger partial charge on any atom is 0.184 e. The van der Waals surface area contributed by atoms with E-state index < -0.39 is 0 Å². The molecule has 30 heavy (non-hydrogen) atoms. The topological polar surface area (TPSA) is 67.1 Å². The molecule has 0 amide bonds. The Balaban J connectivity index is 0.00000193. The van der Waals surface area contributed by atoms with E-state index in [0.717, 1.165) is 45.1 Å². The second kappa shape index (κ2) is 7.44. The van der Waals surface area contributed by atoms with Crippen LogP contribution in [-0.4, -0.2) is 37.5 Å². The van der Waals surface area contributed by atoms with Crippen molar-refractivity contribution in [2.24, 2.45) is 0 Å². The van der Waals surface area contributed by atoms with Gasteiger partial charge in [0.25, 0.3) is 0 Å². The van der Waals surface area contributed by atoms with Crippen molar-refractivity contribution in [2.45, 2.75) is 50.7 Å². The predicted octanol–water partition coefficient (Wildman–Crippen LogP) is 4.57. The Labute approximate surface area is 183 Å². The largest absolute Gasteiger partial charge is 0.359 e. The van der Waals surface area contributed by atoms with Gasteiger partial charge in [0.05, 0.1) is 22.3 Å². The van der Waals surface area contributed by atoms with Crippen molar-refractivity contribution in [3.63, 3.8) is 0 Å². The molecule has 2 aliphatic rings. The minimum atomic E-state index is -0.343. The minimum Gasteiger partial charge on any atom is -0.359 e. The molecule has 2 atom stereocenters. The molecule has 0 aliphatic carbocycles. The summed E-state index contributed by atoms with van der Waals surface area (Å²) in [6, 6.07) is 5.26. The molecule has 6 rings (SSSR count). The molecule has 2 saturated heterocycles. The molecular weight excluding hydrogens is 423 g/mol. The summed E-state index contributed by atoms with van der Waals surface area (Å²) in [7, 11) is 0. The predicted molar refractivity (Wildman–Crippen MR) is 120 cm³/mol. The second-order valence-electron chi connectivity index (χ2n) is 8.20. The zero-order valence-electron chi connectivity index (χ0n) is 16.4. The molecule has 2 fully saturated rings. The molecule has 6 nitrogen and oxygen atoms in total. The van der Waals surface area contributed by atoms with Crippen LogP contribution < -0.4 is 10.6 Å². The van der Waals surface area contributed by atoms with Crippen molar-refractivity contribution in [3.05, 3.63) is 42.2 Å². The summed E-state index contributed by atoms with van der Waals surface area (Å²) in [5.41, 5.74) is 3.46. The van der Waals surface area contributed by atoms with Gasteiger partial charge in [-0.1, -0.05) is 11.3 Å². The first-order valence-corrected chi connectivity index (χ1v) is 10.9. The summed E-state index contributed by atoms with van der Waals surface area (Å²) >= 11 is 1.64. The fraction of sp³-hybridized carbons (Fsp3) is 0.381. The van der Waals surface area contributed by atoms with E-state index in [9.17, 15) is 4.39 Å². The molecule has 4 aromatic rings. The average molecular weight is 445 g/mol. The first-order chi connectivity index (χ1) is 14.1. The molecule has 2 bridgehead atoms. The van der Waals surface area contributed by atoms with Gasteiger partial charge in [-0.05, 0) is 44.7 Å². The smallest absolute Gasteiger partial charge is 0.184 e. The Morgan fingerprint density at radius 3 is 2.77 bits per heavy atom. The van der Waals surface area contributed by atoms with E-state index in [-0.39, 0.29) is 18.2 Å². The molecular formula is C21H22ClFN6S. The van der Waals surface area contributed by atoms with Gasteiger partial charge in [-0.25, -0.2) is 14.4 Å². The number of aromatic nitrogens is 4. The van der Waals surface area contributed by atoms with Crippen LogP contribution >= 0.6 is 23.7 Å². The fourth-order valence-electron chi connectivity index (χ4n) is 4.72. The molecule has 2 unspecified atom stereocenters. The van der Waals surface area contributed by atoms with Crippen molar-refractivity contribution in [1.82, 2.24) is 24.7 Å². The van der Waals surface area contributed by atoms with Crippen molar-refractivity contribution in [2.75, 3.05) is 5.32 Å². The molecule has 0 saturated carbocycles. The van der Waals surface area contributed by atoms with Crippen LogP contribution in [0.1, 0.15) is 31.4 Å². The van der Waals surface area contributed by atoms with E-state index in [2.05, 4.69) is 20.6 Å². The lowest BCUT2D eigenvalue weighted by Gasteiger charge is -2.29. The molecule has 0 spiro atoms. The first kappa shape index (κ1) is 19.7. The third-order valence-corrected chi connectivity index (χ3v) is 6.95. The standard InChI is InChI=1S/C21H21FN6S.ClH/c1-11-9-28-10-12(4-16(22)20(28)24-11)17-7-19-18(8-23-17)27-21(29-19)26-15-5-13-2-3-14(6-15)25-13;/h4,7-10,13-15,25H,2-3,5-6H2,1H3,(H,26,27);1H. The maximum absolute atomic E-state index is 14.5. The van der Waals surface area contributed by atoms with E-state index in [4.69, 9.17) is 4.98 Å². The lowest BCUT2D eigenvalue weighted by molar-refractivity contribution is 0.378. The minimum absolute atomic E-state index is 0. The van der Waals surface area contributed by atoms with Gasteiger partial charge in [0.2, 0.25) is 0 Å². The highest BCUT2D eigenvalue weighted by atomic mass is 35.5. The number of aryl methyl sites for hydroxylation is 1. The summed E-state index contributed by atoms with van der Waals surface area (Å²) in [6.45, 7) is 1.86. The van der Waals surface area contributed by atoms with Gasteiger partial charge >= 0.3 is 0 Å². The van der Waals surface area contributed by atoms with E-state index in [1.54, 1.807) is 21.9 Å². The average Bonchev–Trinajstić information content (AvgIpc) is 3.36. The van der Waals surface area contributed by atoms with Gasteiger partial charge in [-0.2, -0.15) is 0 Å². The molecule has 0 aromatic carbocycles. The van der Waals surface area contributed by atoms with Crippen LogP contribution in [0.25, 0.3) is 27.1 Å². The van der Waals surface area contributed by atoms with Crippen LogP contribution in [0.3, 0.4) is 0 Å². The van der Waals surface area contributed by atoms with Crippen LogP contribution in [0.2, 0.25) is 0 Å². The molecule has 6 heterocycles. The Bertz CT molecular complexity index is 1230. The molecule has 2 aliphatic heterocycles. The third kappa shape index (κ3) is 3.42. The number of fused-ring (bicyclic) bond motifs is 4. The Morgan fingerprint density at radius 1 is 1.17 bits per heavy atom. The van der Waals surface area contributed by atoms with E-state index in [1.807, 2.05) is 25.4 Å². The van der Waals surface area contributed by atoms with Crippen LogP contribution in [0.5, 0.6) is 0 Å². The summed E-state index contributed by atoms with van der Waals surface area (Å²) in [6.07, 6.45) is 10.3. The Hall–Kier alpha value is -2.29. The highest BCUT2D eigenvalue weighted by Gasteiger charge is 2.33. The van der Waals surface area contributed by atoms with Crippen LogP contribution in [0, 0.1) is 12.7 Å². The normalized spacial score (nSPS) is 23.1. The van der Waals surface area contributed by atoms with Crippen molar-refractivity contribution < 1.29 is 4.39 Å². The van der Waals surface area contributed by atoms with Gasteiger partial charge in [0.1, 0.15) is 5.52 Å². The Kier molecular flexibility index (Phi) is 4.88. The van der Waals surface area contributed by atoms with Crippen LogP contribution in [-0.2, 0) is 0 Å². The fourth-order valence-corrected chi connectivity index (χ4v) is 5.67. The molecule has 4 aromatic heterocycles. The summed E-state index contributed by atoms with van der Waals surface area (Å²) in [5.74, 6) is -0.343. The number of hydrogen-bond donors (Lipinski definition) is 2. The number of rotatable bonds is 3. The van der Waals surface area contributed by atoms with E-state index in [0.29, 0.717) is 23.8 Å². The van der Waals surface area contributed by atoms with E-state index >= 15 is 0 Å². The third-order valence-electron chi connectivity index (χ3n) is 6.00. The summed E-state index contributed by atoms with van der Waals surface area (Å²) in [4.78, 5) is 13.5. The second-order valence-corrected chi connectivity index (χ2v) is 9.23. The van der Waals surface area contributed by atoms with Gasteiger partial charge in [-0.15, -0.1) is 12.4 Å². The van der Waals surface area contributed by atoms with Crippen molar-refractivity contribution in [1.29, 1.82) is 0 Å². The number of nitrogens with zero attached hydrogens (tertiary/aromatic N) is 4. The zero-order chi connectivity index (χ0) is 19.5.